The number of carbonyl (C=O) groups excluding carboxylic acids is 1. The lowest BCUT2D eigenvalue weighted by molar-refractivity contribution is -0.0705. The lowest BCUT2D eigenvalue weighted by Crippen LogP contribution is -2.45. The number of carbonyl (C=O) groups is 1. The monoisotopic (exact) mass is 358 g/mol. The molecule has 0 spiro atoms. The molecule has 25 heavy (non-hydrogen) atoms. The standard InChI is InChI=1S/C20H26N2O2S/c1-14-8-9-25-19(14)20(23)21-10-17-6-4-5-7-18(17)13-22-11-15(2)24-16(3)12-22/h4-9,15-16H,10-13H2,1-3H3,(H,21,23)/t15-,16-/m0/s1. The largest absolute Gasteiger partial charge is 0.373 e. The lowest BCUT2D eigenvalue weighted by Gasteiger charge is -2.35. The number of ether oxygens (including phenoxy) is 1. The van der Waals surface area contributed by atoms with E-state index < -0.39 is 0 Å². The van der Waals surface area contributed by atoms with Crippen molar-refractivity contribution in [3.63, 3.8) is 0 Å². The second kappa shape index (κ2) is 8.13. The average molecular weight is 359 g/mol. The van der Waals surface area contributed by atoms with E-state index >= 15 is 0 Å². The summed E-state index contributed by atoms with van der Waals surface area (Å²) in [6.07, 6.45) is 0.523. The first kappa shape index (κ1) is 18.1. The van der Waals surface area contributed by atoms with Crippen molar-refractivity contribution in [1.29, 1.82) is 0 Å². The number of benzene rings is 1. The Morgan fingerprint density at radius 3 is 2.52 bits per heavy atom. The van der Waals surface area contributed by atoms with Crippen molar-refractivity contribution in [2.24, 2.45) is 0 Å². The van der Waals surface area contributed by atoms with Crippen LogP contribution >= 0.6 is 11.3 Å². The number of hydrogen-bond acceptors (Lipinski definition) is 4. The van der Waals surface area contributed by atoms with Crippen molar-refractivity contribution in [3.8, 4) is 0 Å². The highest BCUT2D eigenvalue weighted by Gasteiger charge is 2.22. The summed E-state index contributed by atoms with van der Waals surface area (Å²) >= 11 is 1.49. The van der Waals surface area contributed by atoms with Crippen LogP contribution in [0.15, 0.2) is 35.7 Å². The van der Waals surface area contributed by atoms with Gasteiger partial charge in [-0.05, 0) is 48.9 Å². The van der Waals surface area contributed by atoms with Crippen LogP contribution in [-0.2, 0) is 17.8 Å². The number of nitrogens with one attached hydrogen (secondary N) is 1. The molecule has 0 saturated carbocycles. The topological polar surface area (TPSA) is 41.6 Å². The third-order valence-corrected chi connectivity index (χ3v) is 5.53. The summed E-state index contributed by atoms with van der Waals surface area (Å²) in [7, 11) is 0. The van der Waals surface area contributed by atoms with E-state index in [0.29, 0.717) is 6.54 Å². The predicted molar refractivity (Wildman–Crippen MR) is 102 cm³/mol. The smallest absolute Gasteiger partial charge is 0.261 e. The van der Waals surface area contributed by atoms with Crippen molar-refractivity contribution in [1.82, 2.24) is 10.2 Å². The van der Waals surface area contributed by atoms with Crippen LogP contribution < -0.4 is 5.32 Å². The van der Waals surface area contributed by atoms with Crippen LogP contribution in [0.1, 0.15) is 40.2 Å². The molecule has 2 aromatic rings. The summed E-state index contributed by atoms with van der Waals surface area (Å²) in [5, 5.41) is 5.02. The molecule has 0 bridgehead atoms. The van der Waals surface area contributed by atoms with Crippen molar-refractivity contribution in [2.45, 2.75) is 46.1 Å². The summed E-state index contributed by atoms with van der Waals surface area (Å²) < 4.78 is 5.82. The quantitative estimate of drug-likeness (QED) is 0.888. The van der Waals surface area contributed by atoms with Crippen molar-refractivity contribution >= 4 is 17.2 Å². The van der Waals surface area contributed by atoms with Crippen LogP contribution in [-0.4, -0.2) is 36.1 Å². The highest BCUT2D eigenvalue weighted by molar-refractivity contribution is 7.12. The van der Waals surface area contributed by atoms with Gasteiger partial charge in [0.15, 0.2) is 0 Å². The number of aryl methyl sites for hydroxylation is 1. The van der Waals surface area contributed by atoms with E-state index in [1.165, 1.54) is 22.5 Å². The Labute approximate surface area is 153 Å². The first-order chi connectivity index (χ1) is 12.0. The zero-order chi connectivity index (χ0) is 17.8. The van der Waals surface area contributed by atoms with Crippen molar-refractivity contribution < 1.29 is 9.53 Å². The highest BCUT2D eigenvalue weighted by Crippen LogP contribution is 2.18. The lowest BCUT2D eigenvalue weighted by atomic mass is 10.1. The van der Waals surface area contributed by atoms with E-state index in [0.717, 1.165) is 30.1 Å². The van der Waals surface area contributed by atoms with E-state index in [1.54, 1.807) is 0 Å². The summed E-state index contributed by atoms with van der Waals surface area (Å²) in [6.45, 7) is 9.55. The zero-order valence-electron chi connectivity index (χ0n) is 15.1. The van der Waals surface area contributed by atoms with E-state index in [-0.39, 0.29) is 18.1 Å². The molecule has 1 aromatic heterocycles. The average Bonchev–Trinajstić information content (AvgIpc) is 2.99. The van der Waals surface area contributed by atoms with Crippen LogP contribution in [0.5, 0.6) is 0 Å². The minimum atomic E-state index is 0.0101. The molecule has 1 fully saturated rings. The first-order valence-electron chi connectivity index (χ1n) is 8.80. The van der Waals surface area contributed by atoms with Crippen LogP contribution in [0.25, 0.3) is 0 Å². The maximum Gasteiger partial charge on any atom is 0.261 e. The second-order valence-corrected chi connectivity index (χ2v) is 7.75. The van der Waals surface area contributed by atoms with Crippen LogP contribution in [0, 0.1) is 6.92 Å². The molecule has 2 heterocycles. The second-order valence-electron chi connectivity index (χ2n) is 6.84. The maximum absolute atomic E-state index is 12.4. The van der Waals surface area contributed by atoms with Gasteiger partial charge in [-0.2, -0.15) is 0 Å². The van der Waals surface area contributed by atoms with Crippen LogP contribution in [0.4, 0.5) is 0 Å². The molecule has 0 radical (unpaired) electrons. The normalized spacial score (nSPS) is 21.2. The van der Waals surface area contributed by atoms with Gasteiger partial charge in [-0.15, -0.1) is 11.3 Å². The molecule has 0 aliphatic carbocycles. The zero-order valence-corrected chi connectivity index (χ0v) is 15.9. The molecule has 1 aliphatic heterocycles. The number of thiophene rings is 1. The Balaban J connectivity index is 1.65. The summed E-state index contributed by atoms with van der Waals surface area (Å²) in [5.41, 5.74) is 3.48. The van der Waals surface area contributed by atoms with Gasteiger partial charge < -0.3 is 10.1 Å². The third kappa shape index (κ3) is 4.69. The first-order valence-corrected chi connectivity index (χ1v) is 9.67. The Morgan fingerprint density at radius 2 is 1.88 bits per heavy atom. The number of morpholine rings is 1. The summed E-state index contributed by atoms with van der Waals surface area (Å²) in [4.78, 5) is 15.6. The fourth-order valence-corrected chi connectivity index (χ4v) is 4.24. The van der Waals surface area contributed by atoms with E-state index in [4.69, 9.17) is 4.74 Å². The SMILES string of the molecule is Cc1ccsc1C(=O)NCc1ccccc1CN1C[C@H](C)O[C@@H](C)C1. The van der Waals surface area contributed by atoms with Gasteiger partial charge in [0.25, 0.3) is 5.91 Å². The van der Waals surface area contributed by atoms with Gasteiger partial charge in [0.05, 0.1) is 17.1 Å². The Kier molecular flexibility index (Phi) is 5.89. The van der Waals surface area contributed by atoms with Gasteiger partial charge in [0.2, 0.25) is 0 Å². The molecule has 1 amide bonds. The minimum absolute atomic E-state index is 0.0101. The molecule has 1 saturated heterocycles. The van der Waals surface area contributed by atoms with E-state index in [2.05, 4.69) is 42.3 Å². The molecule has 1 N–H and O–H groups in total. The number of amides is 1. The predicted octanol–water partition coefficient (Wildman–Crippen LogP) is 3.60. The number of nitrogens with zero attached hydrogens (tertiary/aromatic N) is 1. The van der Waals surface area contributed by atoms with E-state index in [9.17, 15) is 4.79 Å². The third-order valence-electron chi connectivity index (χ3n) is 4.52. The van der Waals surface area contributed by atoms with Crippen LogP contribution in [0.3, 0.4) is 0 Å². The van der Waals surface area contributed by atoms with Gasteiger partial charge in [-0.1, -0.05) is 24.3 Å². The molecule has 2 atom stereocenters. The fraction of sp³-hybridized carbons (Fsp3) is 0.450. The minimum Gasteiger partial charge on any atom is -0.373 e. The van der Waals surface area contributed by atoms with E-state index in [1.807, 2.05) is 24.4 Å². The molecule has 4 nitrogen and oxygen atoms in total. The molecular formula is C20H26N2O2S. The van der Waals surface area contributed by atoms with Gasteiger partial charge in [0, 0.05) is 26.2 Å². The molecule has 1 aromatic carbocycles. The molecule has 134 valence electrons. The fourth-order valence-electron chi connectivity index (χ4n) is 3.40. The molecule has 1 aliphatic rings. The molecular weight excluding hydrogens is 332 g/mol. The number of hydrogen-bond donors (Lipinski definition) is 1. The van der Waals surface area contributed by atoms with Gasteiger partial charge in [0.1, 0.15) is 0 Å². The Bertz CT molecular complexity index is 718. The van der Waals surface area contributed by atoms with Crippen molar-refractivity contribution in [2.75, 3.05) is 13.1 Å². The number of rotatable bonds is 5. The van der Waals surface area contributed by atoms with Crippen molar-refractivity contribution in [3.05, 3.63) is 57.3 Å². The molecule has 5 heteroatoms. The Morgan fingerprint density at radius 1 is 1.20 bits per heavy atom. The Hall–Kier alpha value is -1.69. The molecule has 3 rings (SSSR count). The summed E-state index contributed by atoms with van der Waals surface area (Å²) in [6, 6.07) is 10.3. The van der Waals surface area contributed by atoms with Crippen LogP contribution in [0.2, 0.25) is 0 Å². The maximum atomic E-state index is 12.4. The van der Waals surface area contributed by atoms with Gasteiger partial charge in [-0.25, -0.2) is 0 Å². The molecule has 0 unspecified atom stereocenters. The summed E-state index contributed by atoms with van der Waals surface area (Å²) in [5.74, 6) is 0.0101. The van der Waals surface area contributed by atoms with Gasteiger partial charge in [-0.3, -0.25) is 9.69 Å². The highest BCUT2D eigenvalue weighted by atomic mass is 32.1. The van der Waals surface area contributed by atoms with Gasteiger partial charge >= 0.3 is 0 Å².